The average molecular weight is 363 g/mol. The topological polar surface area (TPSA) is 83.2 Å². The number of pyridine rings is 1. The Morgan fingerprint density at radius 1 is 1.04 bits per heavy atom. The molecule has 4 rings (SSSR count). The monoisotopic (exact) mass is 363 g/mol. The number of hydrogen-bond donors (Lipinski definition) is 2. The number of aromatic nitrogens is 3. The van der Waals surface area contributed by atoms with Gasteiger partial charge in [-0.2, -0.15) is 0 Å². The summed E-state index contributed by atoms with van der Waals surface area (Å²) in [5.41, 5.74) is 7.67. The summed E-state index contributed by atoms with van der Waals surface area (Å²) in [4.78, 5) is 17.8. The first kappa shape index (κ1) is 17.5. The van der Waals surface area contributed by atoms with Gasteiger partial charge < -0.3 is 16.0 Å². The molecule has 1 unspecified atom stereocenters. The van der Waals surface area contributed by atoms with Crippen molar-refractivity contribution in [1.82, 2.24) is 19.9 Å². The Balaban J connectivity index is 1.35. The number of nitrogens with two attached hydrogens (primary N) is 1. The quantitative estimate of drug-likeness (QED) is 0.719. The fourth-order valence-corrected chi connectivity index (χ4v) is 3.53. The van der Waals surface area contributed by atoms with Gasteiger partial charge in [-0.1, -0.05) is 18.2 Å². The van der Waals surface area contributed by atoms with Gasteiger partial charge in [0, 0.05) is 44.5 Å². The molecule has 0 amide bonds. The summed E-state index contributed by atoms with van der Waals surface area (Å²) in [7, 11) is 0. The van der Waals surface area contributed by atoms with Gasteiger partial charge in [-0.25, -0.2) is 15.0 Å². The number of benzene rings is 1. The predicted molar refractivity (Wildman–Crippen MR) is 110 cm³/mol. The Hall–Kier alpha value is -2.93. The van der Waals surface area contributed by atoms with E-state index in [-0.39, 0.29) is 0 Å². The number of para-hydroxylation sites is 1. The van der Waals surface area contributed by atoms with Gasteiger partial charge in [0.15, 0.2) is 5.65 Å². The van der Waals surface area contributed by atoms with E-state index in [2.05, 4.69) is 67.3 Å². The number of fused-ring (bicyclic) bond motifs is 1. The largest absolute Gasteiger partial charge is 0.384 e. The Kier molecular flexibility index (Phi) is 5.02. The van der Waals surface area contributed by atoms with Crippen molar-refractivity contribution < 1.29 is 0 Å². The van der Waals surface area contributed by atoms with Crippen LogP contribution in [0, 0.1) is 0 Å². The second kappa shape index (κ2) is 7.75. The van der Waals surface area contributed by atoms with Gasteiger partial charge in [-0.3, -0.25) is 4.90 Å². The van der Waals surface area contributed by atoms with Gasteiger partial charge in [0.2, 0.25) is 0 Å². The highest BCUT2D eigenvalue weighted by Crippen LogP contribution is 2.20. The van der Waals surface area contributed by atoms with Gasteiger partial charge in [-0.15, -0.1) is 0 Å². The lowest BCUT2D eigenvalue weighted by Gasteiger charge is -2.39. The van der Waals surface area contributed by atoms with Crippen LogP contribution in [0.1, 0.15) is 6.92 Å². The molecule has 7 heteroatoms. The van der Waals surface area contributed by atoms with E-state index in [0.717, 1.165) is 43.9 Å². The molecule has 3 N–H and O–H groups in total. The maximum Gasteiger partial charge on any atom is 0.166 e. The van der Waals surface area contributed by atoms with Crippen LogP contribution in [-0.4, -0.2) is 58.6 Å². The van der Waals surface area contributed by atoms with Crippen LogP contribution in [0.5, 0.6) is 0 Å². The third-order valence-electron chi connectivity index (χ3n) is 5.14. The molecule has 1 fully saturated rings. The van der Waals surface area contributed by atoms with Crippen LogP contribution in [0.2, 0.25) is 0 Å². The first-order chi connectivity index (χ1) is 13.2. The lowest BCUT2D eigenvalue weighted by molar-refractivity contribution is 0.204. The number of nitrogen functional groups attached to an aromatic ring is 1. The van der Waals surface area contributed by atoms with E-state index in [1.807, 2.05) is 6.07 Å². The summed E-state index contributed by atoms with van der Waals surface area (Å²) >= 11 is 0. The molecule has 0 radical (unpaired) electrons. The molecule has 3 aromatic rings. The van der Waals surface area contributed by atoms with E-state index < -0.39 is 0 Å². The Bertz CT molecular complexity index is 891. The lowest BCUT2D eigenvalue weighted by atomic mass is 10.2. The van der Waals surface area contributed by atoms with Crippen molar-refractivity contribution in [2.24, 2.45) is 0 Å². The molecule has 0 aliphatic carbocycles. The lowest BCUT2D eigenvalue weighted by Crippen LogP contribution is -2.51. The van der Waals surface area contributed by atoms with Crippen molar-refractivity contribution in [2.75, 3.05) is 48.7 Å². The van der Waals surface area contributed by atoms with Gasteiger partial charge in [-0.05, 0) is 31.2 Å². The molecule has 0 spiro atoms. The van der Waals surface area contributed by atoms with E-state index >= 15 is 0 Å². The molecule has 2 aromatic heterocycles. The normalized spacial score (nSPS) is 16.4. The molecule has 1 aliphatic heterocycles. The highest BCUT2D eigenvalue weighted by Gasteiger charge is 2.21. The van der Waals surface area contributed by atoms with Crippen molar-refractivity contribution >= 4 is 28.4 Å². The SMILES string of the molecule is CC(CNc1ncnc2nc(N)ccc12)N1CCN(c2ccccc2)CC1. The summed E-state index contributed by atoms with van der Waals surface area (Å²) in [5, 5.41) is 4.36. The number of rotatable bonds is 5. The van der Waals surface area contributed by atoms with Gasteiger partial charge in [0.05, 0.1) is 5.39 Å². The number of anilines is 3. The van der Waals surface area contributed by atoms with Crippen LogP contribution in [0.25, 0.3) is 11.0 Å². The maximum atomic E-state index is 5.74. The number of hydrogen-bond acceptors (Lipinski definition) is 7. The summed E-state index contributed by atoms with van der Waals surface area (Å²) in [6, 6.07) is 14.7. The number of piperazine rings is 1. The van der Waals surface area contributed by atoms with Crippen LogP contribution in [-0.2, 0) is 0 Å². The molecule has 0 saturated carbocycles. The zero-order valence-electron chi connectivity index (χ0n) is 15.5. The second-order valence-corrected chi connectivity index (χ2v) is 6.92. The van der Waals surface area contributed by atoms with Crippen LogP contribution < -0.4 is 16.0 Å². The summed E-state index contributed by atoms with van der Waals surface area (Å²) < 4.78 is 0. The maximum absolute atomic E-state index is 5.74. The first-order valence-corrected chi connectivity index (χ1v) is 9.36. The van der Waals surface area contributed by atoms with E-state index in [0.29, 0.717) is 17.5 Å². The van der Waals surface area contributed by atoms with Crippen LogP contribution in [0.15, 0.2) is 48.8 Å². The number of nitrogens with zero attached hydrogens (tertiary/aromatic N) is 5. The third kappa shape index (κ3) is 3.93. The molecule has 1 saturated heterocycles. The van der Waals surface area contributed by atoms with Crippen LogP contribution in [0.4, 0.5) is 17.3 Å². The highest BCUT2D eigenvalue weighted by atomic mass is 15.3. The fourth-order valence-electron chi connectivity index (χ4n) is 3.53. The predicted octanol–water partition coefficient (Wildman–Crippen LogP) is 2.23. The van der Waals surface area contributed by atoms with Crippen molar-refractivity contribution in [2.45, 2.75) is 13.0 Å². The Labute approximate surface area is 159 Å². The minimum atomic E-state index is 0.412. The summed E-state index contributed by atoms with van der Waals surface area (Å²) in [6.45, 7) is 7.29. The molecular formula is C20H25N7. The smallest absolute Gasteiger partial charge is 0.166 e. The number of nitrogens with one attached hydrogen (secondary N) is 1. The van der Waals surface area contributed by atoms with Gasteiger partial charge >= 0.3 is 0 Å². The zero-order valence-corrected chi connectivity index (χ0v) is 15.5. The van der Waals surface area contributed by atoms with Crippen molar-refractivity contribution in [1.29, 1.82) is 0 Å². The zero-order chi connectivity index (χ0) is 18.6. The molecule has 140 valence electrons. The third-order valence-corrected chi connectivity index (χ3v) is 5.14. The molecule has 1 aliphatic rings. The molecule has 0 bridgehead atoms. The van der Waals surface area contributed by atoms with Crippen LogP contribution in [0.3, 0.4) is 0 Å². The average Bonchev–Trinajstić information content (AvgIpc) is 2.72. The second-order valence-electron chi connectivity index (χ2n) is 6.92. The first-order valence-electron chi connectivity index (χ1n) is 9.36. The summed E-state index contributed by atoms with van der Waals surface area (Å²) in [5.74, 6) is 1.28. The molecule has 1 aromatic carbocycles. The van der Waals surface area contributed by atoms with E-state index in [1.165, 1.54) is 12.0 Å². The van der Waals surface area contributed by atoms with Crippen molar-refractivity contribution in [3.63, 3.8) is 0 Å². The van der Waals surface area contributed by atoms with E-state index in [1.54, 1.807) is 6.07 Å². The fraction of sp³-hybridized carbons (Fsp3) is 0.350. The standard InChI is InChI=1S/C20H25N7/c1-15(26-9-11-27(12-10-26)16-5-3-2-4-6-16)13-22-19-17-7-8-18(21)25-20(17)24-14-23-19/h2-8,14-15H,9-13H2,1H3,(H3,21,22,23,24,25). The molecule has 1 atom stereocenters. The minimum Gasteiger partial charge on any atom is -0.384 e. The van der Waals surface area contributed by atoms with Crippen molar-refractivity contribution in [3.05, 3.63) is 48.8 Å². The van der Waals surface area contributed by atoms with E-state index in [9.17, 15) is 0 Å². The van der Waals surface area contributed by atoms with E-state index in [4.69, 9.17) is 5.73 Å². The highest BCUT2D eigenvalue weighted by molar-refractivity contribution is 5.87. The molecule has 7 nitrogen and oxygen atoms in total. The Morgan fingerprint density at radius 3 is 2.59 bits per heavy atom. The van der Waals surface area contributed by atoms with Gasteiger partial charge in [0.1, 0.15) is 18.0 Å². The van der Waals surface area contributed by atoms with Crippen molar-refractivity contribution in [3.8, 4) is 0 Å². The Morgan fingerprint density at radius 2 is 1.81 bits per heavy atom. The molecule has 3 heterocycles. The van der Waals surface area contributed by atoms with Crippen LogP contribution >= 0.6 is 0 Å². The minimum absolute atomic E-state index is 0.412. The van der Waals surface area contributed by atoms with Gasteiger partial charge in [0.25, 0.3) is 0 Å². The summed E-state index contributed by atoms with van der Waals surface area (Å²) in [6.07, 6.45) is 1.53. The molecule has 27 heavy (non-hydrogen) atoms. The molecular weight excluding hydrogens is 338 g/mol.